The summed E-state index contributed by atoms with van der Waals surface area (Å²) >= 11 is 5.84. The minimum absolute atomic E-state index is 0.185. The number of nitrogens with one attached hydrogen (secondary N) is 3. The summed E-state index contributed by atoms with van der Waals surface area (Å²) in [7, 11) is 0. The van der Waals surface area contributed by atoms with Crippen LogP contribution in [0.15, 0.2) is 4.99 Å². The number of hydrazine groups is 2. The minimum atomic E-state index is -0.562. The summed E-state index contributed by atoms with van der Waals surface area (Å²) < 4.78 is 13.0. The molecule has 12 nitrogen and oxygen atoms in total. The lowest BCUT2D eigenvalue weighted by molar-refractivity contribution is -0.385. The van der Waals surface area contributed by atoms with Crippen molar-refractivity contribution in [1.29, 1.82) is 0 Å². The smallest absolute Gasteiger partial charge is 0.407 e. The van der Waals surface area contributed by atoms with Crippen LogP contribution in [0, 0.1) is 24.0 Å². The number of rotatable bonds is 7. The van der Waals surface area contributed by atoms with E-state index in [0.717, 1.165) is 10.3 Å². The van der Waals surface area contributed by atoms with Gasteiger partial charge in [0.25, 0.3) is 0 Å². The molecule has 2 rings (SSSR count). The Balaban J connectivity index is 1.96. The quantitative estimate of drug-likeness (QED) is 0.257. The van der Waals surface area contributed by atoms with Crippen molar-refractivity contribution in [2.24, 2.45) is 4.99 Å². The standard InChI is InChI=1S/C16H26ClN7O5/c1-10-11(2)22-14(20-24(17)21-22)13(23(26)27)12(10)18-6-8-28-9-7-19-15(25)29-16(3,4)5/h20-21H,6-9H2,1-5H3,(H,19,25). The second kappa shape index (κ2) is 9.29. The zero-order valence-corrected chi connectivity index (χ0v) is 17.8. The molecule has 1 aromatic rings. The van der Waals surface area contributed by atoms with Crippen LogP contribution in [0.5, 0.6) is 0 Å². The summed E-state index contributed by atoms with van der Waals surface area (Å²) in [5.41, 5.74) is 6.02. The van der Waals surface area contributed by atoms with Crippen LogP contribution in [-0.4, -0.2) is 52.2 Å². The molecule has 0 unspecified atom stereocenters. The Bertz CT molecular complexity index is 850. The molecule has 1 aromatic heterocycles. The highest BCUT2D eigenvalue weighted by Crippen LogP contribution is 2.27. The van der Waals surface area contributed by atoms with Gasteiger partial charge in [-0.05, 0) is 39.3 Å². The molecule has 0 aliphatic carbocycles. The average molecular weight is 432 g/mol. The number of halogens is 1. The molecule has 0 fully saturated rings. The monoisotopic (exact) mass is 431 g/mol. The van der Waals surface area contributed by atoms with Gasteiger partial charge in [0, 0.05) is 29.6 Å². The van der Waals surface area contributed by atoms with Crippen molar-refractivity contribution in [2.75, 3.05) is 37.3 Å². The highest BCUT2D eigenvalue weighted by atomic mass is 35.5. The molecule has 13 heteroatoms. The lowest BCUT2D eigenvalue weighted by Crippen LogP contribution is -2.34. The van der Waals surface area contributed by atoms with Crippen LogP contribution in [0.2, 0.25) is 0 Å². The van der Waals surface area contributed by atoms with E-state index in [1.54, 1.807) is 34.6 Å². The maximum atomic E-state index is 11.6. The first-order chi connectivity index (χ1) is 13.5. The van der Waals surface area contributed by atoms with Crippen LogP contribution in [0.1, 0.15) is 32.0 Å². The fourth-order valence-electron chi connectivity index (χ4n) is 2.57. The van der Waals surface area contributed by atoms with E-state index in [1.807, 2.05) is 0 Å². The lowest BCUT2D eigenvalue weighted by atomic mass is 10.2. The van der Waals surface area contributed by atoms with Gasteiger partial charge in [0.05, 0.1) is 24.7 Å². The molecule has 2 heterocycles. The van der Waals surface area contributed by atoms with Crippen molar-refractivity contribution in [2.45, 2.75) is 40.2 Å². The number of anilines is 1. The summed E-state index contributed by atoms with van der Waals surface area (Å²) in [6.45, 7) is 9.89. The van der Waals surface area contributed by atoms with Crippen LogP contribution < -0.4 is 21.6 Å². The van der Waals surface area contributed by atoms with Crippen LogP contribution >= 0.6 is 11.8 Å². The number of carbonyl (C=O) groups excluding carboxylic acids is 1. The van der Waals surface area contributed by atoms with E-state index >= 15 is 0 Å². The Kier molecular flexibility index (Phi) is 7.27. The highest BCUT2D eigenvalue weighted by Gasteiger charge is 2.30. The van der Waals surface area contributed by atoms with Gasteiger partial charge in [0.1, 0.15) is 11.0 Å². The number of ether oxygens (including phenoxy) is 2. The van der Waals surface area contributed by atoms with Gasteiger partial charge in [0.15, 0.2) is 0 Å². The molecule has 0 aromatic carbocycles. The Hall–Kier alpha value is -2.57. The Morgan fingerprint density at radius 2 is 2.03 bits per heavy atom. The van der Waals surface area contributed by atoms with Gasteiger partial charge >= 0.3 is 11.8 Å². The van der Waals surface area contributed by atoms with E-state index in [-0.39, 0.29) is 43.2 Å². The SMILES string of the molecule is Cc1c(C)n2c(c([N+](=O)[O-])c1=NCCOCCNC(=O)OC(C)(C)C)NN(Cl)N2. The third kappa shape index (κ3) is 5.95. The zero-order valence-electron chi connectivity index (χ0n) is 17.0. The maximum absolute atomic E-state index is 11.6. The molecule has 162 valence electrons. The third-order valence-electron chi connectivity index (χ3n) is 3.90. The largest absolute Gasteiger partial charge is 0.444 e. The molecule has 0 saturated heterocycles. The van der Waals surface area contributed by atoms with Crippen molar-refractivity contribution in [1.82, 2.24) is 14.6 Å². The number of fused-ring (bicyclic) bond motifs is 1. The highest BCUT2D eigenvalue weighted by molar-refractivity contribution is 6.14. The van der Waals surface area contributed by atoms with Gasteiger partial charge in [0.2, 0.25) is 5.82 Å². The Morgan fingerprint density at radius 1 is 1.34 bits per heavy atom. The van der Waals surface area contributed by atoms with Crippen molar-refractivity contribution in [3.8, 4) is 0 Å². The van der Waals surface area contributed by atoms with Gasteiger partial charge in [-0.25, -0.2) is 15.0 Å². The normalized spacial score (nSPS) is 14.2. The summed E-state index contributed by atoms with van der Waals surface area (Å²) in [6.07, 6.45) is -0.516. The number of pyridine rings is 1. The number of hydrogen-bond donors (Lipinski definition) is 3. The molecule has 3 N–H and O–H groups in total. The van der Waals surface area contributed by atoms with Crippen molar-refractivity contribution >= 4 is 29.4 Å². The molecule has 0 saturated carbocycles. The minimum Gasteiger partial charge on any atom is -0.444 e. The number of amides is 1. The number of alkyl carbamates (subject to hydrolysis) is 1. The lowest BCUT2D eigenvalue weighted by Gasteiger charge is -2.19. The summed E-state index contributed by atoms with van der Waals surface area (Å²) in [5, 5.41) is 14.4. The maximum Gasteiger partial charge on any atom is 0.407 e. The van der Waals surface area contributed by atoms with E-state index in [4.69, 9.17) is 21.3 Å². The average Bonchev–Trinajstić information content (AvgIpc) is 2.97. The Labute approximate surface area is 173 Å². The number of nitrogens with zero attached hydrogens (tertiary/aromatic N) is 4. The molecule has 1 aliphatic heterocycles. The summed E-state index contributed by atoms with van der Waals surface area (Å²) in [5.74, 6) is 0.189. The number of aromatic nitrogens is 1. The number of nitro groups is 1. The predicted molar refractivity (Wildman–Crippen MR) is 107 cm³/mol. The van der Waals surface area contributed by atoms with Crippen LogP contribution in [-0.2, 0) is 9.47 Å². The van der Waals surface area contributed by atoms with Crippen molar-refractivity contribution < 1.29 is 19.2 Å². The van der Waals surface area contributed by atoms with Gasteiger partial charge < -0.3 is 14.8 Å². The van der Waals surface area contributed by atoms with Crippen molar-refractivity contribution in [3.63, 3.8) is 0 Å². The van der Waals surface area contributed by atoms with Gasteiger partial charge in [-0.3, -0.25) is 20.5 Å². The number of hydrogen-bond acceptors (Lipinski definition) is 9. The van der Waals surface area contributed by atoms with Gasteiger partial charge in [-0.1, -0.05) is 0 Å². The first-order valence-electron chi connectivity index (χ1n) is 8.96. The van der Waals surface area contributed by atoms with Gasteiger partial charge in [-0.2, -0.15) is 0 Å². The first kappa shape index (κ1) is 22.7. The molecule has 0 spiro atoms. The van der Waals surface area contributed by atoms with Gasteiger partial charge in [-0.15, -0.1) is 0 Å². The van der Waals surface area contributed by atoms with E-state index < -0.39 is 16.6 Å². The molecular weight excluding hydrogens is 406 g/mol. The molecule has 0 radical (unpaired) electrons. The van der Waals surface area contributed by atoms with Crippen LogP contribution in [0.4, 0.5) is 16.3 Å². The second-order valence-corrected chi connectivity index (χ2v) is 7.60. The Morgan fingerprint density at radius 3 is 2.66 bits per heavy atom. The van der Waals surface area contributed by atoms with E-state index in [1.165, 1.54) is 4.68 Å². The van der Waals surface area contributed by atoms with Crippen LogP contribution in [0.3, 0.4) is 0 Å². The molecule has 0 bridgehead atoms. The second-order valence-electron chi connectivity index (χ2n) is 7.26. The fourth-order valence-corrected chi connectivity index (χ4v) is 2.72. The van der Waals surface area contributed by atoms with E-state index in [9.17, 15) is 14.9 Å². The zero-order chi connectivity index (χ0) is 21.8. The van der Waals surface area contributed by atoms with E-state index in [2.05, 4.69) is 21.3 Å². The predicted octanol–water partition coefficient (Wildman–Crippen LogP) is 1.71. The van der Waals surface area contributed by atoms with E-state index in [0.29, 0.717) is 5.56 Å². The van der Waals surface area contributed by atoms with Crippen LogP contribution in [0.25, 0.3) is 0 Å². The summed E-state index contributed by atoms with van der Waals surface area (Å²) in [6, 6.07) is 0. The first-order valence-corrected chi connectivity index (χ1v) is 9.30. The summed E-state index contributed by atoms with van der Waals surface area (Å²) in [4.78, 5) is 27.0. The number of carbonyl (C=O) groups is 1. The molecular formula is C16H26ClN7O5. The fraction of sp³-hybridized carbons (Fsp3) is 0.625. The molecule has 29 heavy (non-hydrogen) atoms. The third-order valence-corrected chi connectivity index (χ3v) is 4.06. The topological polar surface area (TPSA) is 135 Å². The molecule has 1 amide bonds. The molecule has 0 atom stereocenters. The van der Waals surface area contributed by atoms with Crippen molar-refractivity contribution in [3.05, 3.63) is 26.7 Å². The molecule has 1 aliphatic rings.